The van der Waals surface area contributed by atoms with Crippen molar-refractivity contribution >= 4 is 11.6 Å². The topological polar surface area (TPSA) is 61.6 Å². The molecule has 2 heterocycles. The lowest BCUT2D eigenvalue weighted by molar-refractivity contribution is 0.370. The Morgan fingerprint density at radius 1 is 0.968 bits per heavy atom. The molecule has 0 radical (unpaired) electrons. The summed E-state index contributed by atoms with van der Waals surface area (Å²) in [6, 6.07) is 19.1. The van der Waals surface area contributed by atoms with Crippen molar-refractivity contribution in [2.45, 2.75) is 26.9 Å². The maximum absolute atomic E-state index is 4.94. The van der Waals surface area contributed by atoms with Crippen molar-refractivity contribution in [2.24, 2.45) is 12.0 Å². The molecule has 4 rings (SSSR count). The molecule has 7 heteroatoms. The number of anilines is 1. The van der Waals surface area contributed by atoms with Crippen LogP contribution in [0.25, 0.3) is 0 Å². The third-order valence-corrected chi connectivity index (χ3v) is 5.79. The fraction of sp³-hybridized carbons (Fsp3) is 0.375. The SMILES string of the molecule is Cc1cccc(N2CCN(C(=NCc3ccccc3)NCc3nnc(C)n3C)CC2)c1. The van der Waals surface area contributed by atoms with E-state index >= 15 is 0 Å². The summed E-state index contributed by atoms with van der Waals surface area (Å²) in [5, 5.41) is 12.0. The molecule has 0 atom stereocenters. The zero-order valence-corrected chi connectivity index (χ0v) is 18.6. The van der Waals surface area contributed by atoms with E-state index in [-0.39, 0.29) is 0 Å². The first-order valence-electron chi connectivity index (χ1n) is 10.8. The summed E-state index contributed by atoms with van der Waals surface area (Å²) in [7, 11) is 1.99. The normalized spacial score (nSPS) is 14.7. The van der Waals surface area contributed by atoms with Gasteiger partial charge in [0.25, 0.3) is 0 Å². The highest BCUT2D eigenvalue weighted by Crippen LogP contribution is 2.18. The second-order valence-corrected chi connectivity index (χ2v) is 8.01. The van der Waals surface area contributed by atoms with Crippen LogP contribution in [0.1, 0.15) is 22.8 Å². The molecule has 0 unspecified atom stereocenters. The molecule has 1 fully saturated rings. The first-order valence-corrected chi connectivity index (χ1v) is 10.8. The number of aryl methyl sites for hydroxylation is 2. The first-order chi connectivity index (χ1) is 15.1. The van der Waals surface area contributed by atoms with Crippen LogP contribution in [0.15, 0.2) is 59.6 Å². The number of piperazine rings is 1. The van der Waals surface area contributed by atoms with Gasteiger partial charge >= 0.3 is 0 Å². The Balaban J connectivity index is 1.45. The molecule has 0 amide bonds. The van der Waals surface area contributed by atoms with E-state index in [1.54, 1.807) is 0 Å². The van der Waals surface area contributed by atoms with Crippen molar-refractivity contribution < 1.29 is 0 Å². The van der Waals surface area contributed by atoms with Gasteiger partial charge in [-0.05, 0) is 37.1 Å². The van der Waals surface area contributed by atoms with Crippen LogP contribution in [0, 0.1) is 13.8 Å². The fourth-order valence-corrected chi connectivity index (χ4v) is 3.78. The van der Waals surface area contributed by atoms with E-state index < -0.39 is 0 Å². The molecule has 0 saturated carbocycles. The summed E-state index contributed by atoms with van der Waals surface area (Å²) in [6.45, 7) is 9.15. The molecular weight excluding hydrogens is 386 g/mol. The number of guanidine groups is 1. The molecule has 1 aromatic heterocycles. The Kier molecular flexibility index (Phi) is 6.50. The third kappa shape index (κ3) is 5.23. The van der Waals surface area contributed by atoms with Crippen molar-refractivity contribution in [3.05, 3.63) is 77.4 Å². The van der Waals surface area contributed by atoms with Crippen LogP contribution < -0.4 is 10.2 Å². The molecule has 1 saturated heterocycles. The van der Waals surface area contributed by atoms with Gasteiger partial charge in [-0.1, -0.05) is 42.5 Å². The average Bonchev–Trinajstić information content (AvgIpc) is 3.12. The van der Waals surface area contributed by atoms with Gasteiger partial charge in [-0.3, -0.25) is 0 Å². The van der Waals surface area contributed by atoms with Crippen LogP contribution in [0.5, 0.6) is 0 Å². The molecule has 0 bridgehead atoms. The fourth-order valence-electron chi connectivity index (χ4n) is 3.78. The molecule has 1 aliphatic rings. The van der Waals surface area contributed by atoms with Gasteiger partial charge in [-0.2, -0.15) is 0 Å². The number of benzene rings is 2. The number of aliphatic imine (C=N–C) groups is 1. The Hall–Kier alpha value is -3.35. The molecule has 1 aliphatic heterocycles. The van der Waals surface area contributed by atoms with Gasteiger partial charge in [0, 0.05) is 38.9 Å². The zero-order chi connectivity index (χ0) is 21.6. The van der Waals surface area contributed by atoms with Crippen LogP contribution in [0.4, 0.5) is 5.69 Å². The number of aromatic nitrogens is 3. The van der Waals surface area contributed by atoms with Gasteiger partial charge in [0.1, 0.15) is 5.82 Å². The minimum absolute atomic E-state index is 0.600. The standard InChI is InChI=1S/C24H31N7/c1-19-8-7-11-22(16-19)30-12-14-31(15-13-30)24(25-17-21-9-5-4-6-10-21)26-18-23-28-27-20(2)29(23)3/h4-11,16H,12-15,17-18H2,1-3H3,(H,25,26). The third-order valence-electron chi connectivity index (χ3n) is 5.79. The quantitative estimate of drug-likeness (QED) is 0.511. The highest BCUT2D eigenvalue weighted by atomic mass is 15.4. The summed E-state index contributed by atoms with van der Waals surface area (Å²) in [4.78, 5) is 9.73. The Morgan fingerprint density at radius 2 is 1.74 bits per heavy atom. The lowest BCUT2D eigenvalue weighted by atomic mass is 10.2. The lowest BCUT2D eigenvalue weighted by Gasteiger charge is -2.38. The van der Waals surface area contributed by atoms with Crippen LogP contribution >= 0.6 is 0 Å². The number of rotatable bonds is 5. The molecule has 7 nitrogen and oxygen atoms in total. The maximum atomic E-state index is 4.94. The minimum atomic E-state index is 0.600. The van der Waals surface area contributed by atoms with Gasteiger partial charge < -0.3 is 19.7 Å². The summed E-state index contributed by atoms with van der Waals surface area (Å²) in [5.41, 5.74) is 3.80. The van der Waals surface area contributed by atoms with Crippen molar-refractivity contribution in [3.8, 4) is 0 Å². The average molecular weight is 418 g/mol. The number of nitrogens with one attached hydrogen (secondary N) is 1. The predicted octanol–water partition coefficient (Wildman–Crippen LogP) is 2.90. The van der Waals surface area contributed by atoms with E-state index in [1.807, 2.05) is 24.6 Å². The van der Waals surface area contributed by atoms with E-state index in [2.05, 4.69) is 80.8 Å². The van der Waals surface area contributed by atoms with E-state index in [0.717, 1.165) is 43.8 Å². The van der Waals surface area contributed by atoms with E-state index in [0.29, 0.717) is 13.1 Å². The van der Waals surface area contributed by atoms with Gasteiger partial charge in [0.05, 0.1) is 13.1 Å². The molecule has 162 valence electrons. The zero-order valence-electron chi connectivity index (χ0n) is 18.6. The van der Waals surface area contributed by atoms with Crippen LogP contribution in [0.3, 0.4) is 0 Å². The Bertz CT molecular complexity index is 1020. The Morgan fingerprint density at radius 3 is 2.42 bits per heavy atom. The van der Waals surface area contributed by atoms with Crippen molar-refractivity contribution in [1.82, 2.24) is 25.0 Å². The molecular formula is C24H31N7. The van der Waals surface area contributed by atoms with Crippen molar-refractivity contribution in [1.29, 1.82) is 0 Å². The van der Waals surface area contributed by atoms with E-state index in [9.17, 15) is 0 Å². The Labute approximate surface area is 184 Å². The summed E-state index contributed by atoms with van der Waals surface area (Å²) >= 11 is 0. The van der Waals surface area contributed by atoms with Gasteiger partial charge in [0.15, 0.2) is 11.8 Å². The lowest BCUT2D eigenvalue weighted by Crippen LogP contribution is -2.52. The van der Waals surface area contributed by atoms with Gasteiger partial charge in [0.2, 0.25) is 0 Å². The van der Waals surface area contributed by atoms with Crippen LogP contribution in [0.2, 0.25) is 0 Å². The van der Waals surface area contributed by atoms with Gasteiger partial charge in [-0.15, -0.1) is 10.2 Å². The van der Waals surface area contributed by atoms with Crippen molar-refractivity contribution in [2.75, 3.05) is 31.1 Å². The minimum Gasteiger partial charge on any atom is -0.368 e. The molecule has 2 aromatic carbocycles. The first kappa shape index (κ1) is 20.9. The second kappa shape index (κ2) is 9.64. The van der Waals surface area contributed by atoms with Crippen LogP contribution in [-0.2, 0) is 20.1 Å². The smallest absolute Gasteiger partial charge is 0.194 e. The molecule has 31 heavy (non-hydrogen) atoms. The molecule has 3 aromatic rings. The maximum Gasteiger partial charge on any atom is 0.194 e. The molecule has 0 spiro atoms. The highest BCUT2D eigenvalue weighted by Gasteiger charge is 2.20. The number of hydrogen-bond donors (Lipinski definition) is 1. The van der Waals surface area contributed by atoms with Gasteiger partial charge in [-0.25, -0.2) is 4.99 Å². The highest BCUT2D eigenvalue weighted by molar-refractivity contribution is 5.80. The van der Waals surface area contributed by atoms with Crippen molar-refractivity contribution in [3.63, 3.8) is 0 Å². The van der Waals surface area contributed by atoms with E-state index in [1.165, 1.54) is 16.8 Å². The number of hydrogen-bond acceptors (Lipinski definition) is 4. The summed E-state index contributed by atoms with van der Waals surface area (Å²) in [6.07, 6.45) is 0. The largest absolute Gasteiger partial charge is 0.368 e. The molecule has 1 N–H and O–H groups in total. The monoisotopic (exact) mass is 417 g/mol. The predicted molar refractivity (Wildman–Crippen MR) is 125 cm³/mol. The number of nitrogens with zero attached hydrogens (tertiary/aromatic N) is 6. The molecule has 0 aliphatic carbocycles. The summed E-state index contributed by atoms with van der Waals surface area (Å²) < 4.78 is 2.01. The summed E-state index contributed by atoms with van der Waals surface area (Å²) in [5.74, 6) is 2.74. The van der Waals surface area contributed by atoms with E-state index in [4.69, 9.17) is 4.99 Å². The van der Waals surface area contributed by atoms with Crippen LogP contribution in [-0.4, -0.2) is 51.8 Å². The second-order valence-electron chi connectivity index (χ2n) is 8.01.